The third-order valence-electron chi connectivity index (χ3n) is 7.04. The monoisotopic (exact) mass is 538 g/mol. The van der Waals surface area contributed by atoms with Crippen molar-refractivity contribution in [2.45, 2.75) is 64.7 Å². The molecule has 1 aliphatic carbocycles. The van der Waals surface area contributed by atoms with Gasteiger partial charge in [0.05, 0.1) is 24.4 Å². The number of fused-ring (bicyclic) bond motifs is 2. The summed E-state index contributed by atoms with van der Waals surface area (Å²) in [5.41, 5.74) is 1.78. The van der Waals surface area contributed by atoms with Crippen LogP contribution in [0.25, 0.3) is 21.9 Å². The normalized spacial score (nSPS) is 18.7. The smallest absolute Gasteiger partial charge is 0.413 e. The first kappa shape index (κ1) is 26.8. The Morgan fingerprint density at radius 1 is 1.18 bits per heavy atom. The van der Waals surface area contributed by atoms with Crippen LogP contribution in [0.4, 0.5) is 25.5 Å². The molecule has 10 nitrogen and oxygen atoms in total. The van der Waals surface area contributed by atoms with E-state index in [2.05, 4.69) is 15.3 Å². The number of anilines is 2. The van der Waals surface area contributed by atoms with Gasteiger partial charge in [-0.2, -0.15) is 0 Å². The number of amides is 2. The molecule has 206 valence electrons. The number of aryl methyl sites for hydroxylation is 1. The van der Waals surface area contributed by atoms with Gasteiger partial charge in [-0.15, -0.1) is 0 Å². The predicted octanol–water partition coefficient (Wildman–Crippen LogP) is 5.34. The molecule has 3 N–H and O–H groups in total. The second kappa shape index (κ2) is 10.0. The van der Waals surface area contributed by atoms with Gasteiger partial charge in [0, 0.05) is 46.8 Å². The van der Waals surface area contributed by atoms with Crippen LogP contribution in [0.3, 0.4) is 0 Å². The van der Waals surface area contributed by atoms with Gasteiger partial charge in [-0.3, -0.25) is 15.2 Å². The molecule has 0 bridgehead atoms. The van der Waals surface area contributed by atoms with E-state index in [9.17, 15) is 19.8 Å². The molecule has 1 fully saturated rings. The van der Waals surface area contributed by atoms with Gasteiger partial charge in [-0.05, 0) is 70.0 Å². The quantitative estimate of drug-likeness (QED) is 0.405. The van der Waals surface area contributed by atoms with Crippen molar-refractivity contribution in [1.82, 2.24) is 9.97 Å². The first-order chi connectivity index (χ1) is 18.4. The van der Waals surface area contributed by atoms with E-state index in [1.54, 1.807) is 46.0 Å². The summed E-state index contributed by atoms with van der Waals surface area (Å²) < 4.78 is 27.0. The molecule has 1 saturated heterocycles. The fourth-order valence-corrected chi connectivity index (χ4v) is 5.28. The zero-order valence-corrected chi connectivity index (χ0v) is 22.2. The highest BCUT2D eigenvalue weighted by atomic mass is 19.1. The number of aromatic nitrogens is 2. The largest absolute Gasteiger partial charge is 0.465 e. The number of nitrogens with zero attached hydrogens (tertiary/aromatic N) is 3. The van der Waals surface area contributed by atoms with Crippen LogP contribution in [-0.4, -0.2) is 57.2 Å². The number of carbonyl (C=O) groups is 2. The predicted molar refractivity (Wildman–Crippen MR) is 143 cm³/mol. The lowest BCUT2D eigenvalue weighted by molar-refractivity contribution is 0.0635. The molecule has 3 heterocycles. The lowest BCUT2D eigenvalue weighted by Crippen LogP contribution is -2.40. The SMILES string of the molecule is Cc1c(-c2cc3cc(N(C(=O)O)[C@@H]4CCOC4)ncc3c(NC(=O)OC(C)(C)C)c2F)cnc2c1[C@@H](O)CC2. The number of rotatable bonds is 4. The number of ether oxygens (including phenoxy) is 2. The van der Waals surface area contributed by atoms with Crippen LogP contribution in [-0.2, 0) is 15.9 Å². The highest BCUT2D eigenvalue weighted by molar-refractivity contribution is 6.04. The van der Waals surface area contributed by atoms with Gasteiger partial charge in [0.25, 0.3) is 0 Å². The van der Waals surface area contributed by atoms with Gasteiger partial charge in [-0.25, -0.2) is 19.0 Å². The van der Waals surface area contributed by atoms with Crippen molar-refractivity contribution in [3.05, 3.63) is 47.2 Å². The summed E-state index contributed by atoms with van der Waals surface area (Å²) >= 11 is 0. The maximum Gasteiger partial charge on any atom is 0.413 e. The van der Waals surface area contributed by atoms with Crippen LogP contribution in [0, 0.1) is 12.7 Å². The number of carboxylic acid groups (broad SMARTS) is 1. The summed E-state index contributed by atoms with van der Waals surface area (Å²) in [7, 11) is 0. The Bertz CT molecular complexity index is 1460. The lowest BCUT2D eigenvalue weighted by Gasteiger charge is -2.25. The molecule has 3 aromatic rings. The lowest BCUT2D eigenvalue weighted by atomic mass is 9.94. The Labute approximate surface area is 224 Å². The summed E-state index contributed by atoms with van der Waals surface area (Å²) in [6.45, 7) is 7.59. The van der Waals surface area contributed by atoms with E-state index in [1.807, 2.05) is 0 Å². The van der Waals surface area contributed by atoms with E-state index in [-0.39, 0.29) is 29.1 Å². The summed E-state index contributed by atoms with van der Waals surface area (Å²) in [5, 5.41) is 23.7. The molecule has 0 spiro atoms. The van der Waals surface area contributed by atoms with E-state index >= 15 is 4.39 Å². The van der Waals surface area contributed by atoms with Crippen LogP contribution < -0.4 is 10.2 Å². The van der Waals surface area contributed by atoms with Gasteiger partial charge < -0.3 is 19.7 Å². The van der Waals surface area contributed by atoms with E-state index in [1.165, 1.54) is 6.20 Å². The molecule has 0 saturated carbocycles. The van der Waals surface area contributed by atoms with Crippen molar-refractivity contribution in [1.29, 1.82) is 0 Å². The van der Waals surface area contributed by atoms with Gasteiger partial charge >= 0.3 is 12.2 Å². The standard InChI is InChI=1S/C28H31FN4O6/c1-14-18(11-30-20-5-6-21(34)23(14)20)17-9-15-10-22(33(27(36)37)16-7-8-38-13-16)31-12-19(15)25(24(17)29)32-26(35)39-28(2,3)4/h9-12,16,21,34H,5-8,13H2,1-4H3,(H,32,35)(H,36,37)/t16-,21+/m1/s1. The average molecular weight is 539 g/mol. The number of aliphatic hydroxyl groups excluding tert-OH is 1. The van der Waals surface area contributed by atoms with E-state index in [0.29, 0.717) is 47.9 Å². The summed E-state index contributed by atoms with van der Waals surface area (Å²) in [5.74, 6) is -0.565. The molecule has 1 aliphatic heterocycles. The van der Waals surface area contributed by atoms with Gasteiger partial charge in [0.1, 0.15) is 11.4 Å². The van der Waals surface area contributed by atoms with Crippen molar-refractivity contribution in [3.63, 3.8) is 0 Å². The van der Waals surface area contributed by atoms with Crippen molar-refractivity contribution in [3.8, 4) is 11.1 Å². The maximum absolute atomic E-state index is 16.2. The van der Waals surface area contributed by atoms with Crippen molar-refractivity contribution in [2.24, 2.45) is 0 Å². The van der Waals surface area contributed by atoms with Gasteiger partial charge in [-0.1, -0.05) is 0 Å². The number of nitrogens with one attached hydrogen (secondary N) is 1. The molecule has 2 atom stereocenters. The fraction of sp³-hybridized carbons (Fsp3) is 0.429. The highest BCUT2D eigenvalue weighted by Crippen LogP contribution is 2.41. The number of halogens is 1. The number of carbonyl (C=O) groups excluding carboxylic acids is 1. The Hall–Kier alpha value is -3.83. The first-order valence-corrected chi connectivity index (χ1v) is 12.8. The maximum atomic E-state index is 16.2. The molecule has 39 heavy (non-hydrogen) atoms. The minimum absolute atomic E-state index is 0.142. The van der Waals surface area contributed by atoms with Gasteiger partial charge in [0.2, 0.25) is 0 Å². The van der Waals surface area contributed by atoms with E-state index < -0.39 is 35.8 Å². The topological polar surface area (TPSA) is 134 Å². The molecule has 5 rings (SSSR count). The number of aliphatic hydroxyl groups is 1. The summed E-state index contributed by atoms with van der Waals surface area (Å²) in [4.78, 5) is 34.8. The molecule has 2 aromatic heterocycles. The molecule has 0 radical (unpaired) electrons. The van der Waals surface area contributed by atoms with E-state index in [0.717, 1.165) is 10.6 Å². The third-order valence-corrected chi connectivity index (χ3v) is 7.04. The number of hydrogen-bond acceptors (Lipinski definition) is 7. The zero-order chi connectivity index (χ0) is 28.1. The van der Waals surface area contributed by atoms with Crippen LogP contribution in [0.2, 0.25) is 0 Å². The molecule has 2 amide bonds. The Balaban J connectivity index is 1.69. The van der Waals surface area contributed by atoms with Crippen LogP contribution in [0.5, 0.6) is 0 Å². The molecule has 0 unspecified atom stereocenters. The average Bonchev–Trinajstić information content (AvgIpc) is 3.50. The highest BCUT2D eigenvalue weighted by Gasteiger charge is 2.31. The second-order valence-electron chi connectivity index (χ2n) is 10.9. The van der Waals surface area contributed by atoms with Crippen molar-refractivity contribution < 1.29 is 33.7 Å². The number of pyridine rings is 2. The van der Waals surface area contributed by atoms with Crippen LogP contribution >= 0.6 is 0 Å². The Morgan fingerprint density at radius 3 is 2.62 bits per heavy atom. The zero-order valence-electron chi connectivity index (χ0n) is 22.2. The molecule has 11 heteroatoms. The number of benzene rings is 1. The van der Waals surface area contributed by atoms with Crippen molar-refractivity contribution >= 4 is 34.5 Å². The molecular weight excluding hydrogens is 507 g/mol. The van der Waals surface area contributed by atoms with Gasteiger partial charge in [0.15, 0.2) is 5.82 Å². The van der Waals surface area contributed by atoms with Crippen LogP contribution in [0.1, 0.15) is 56.5 Å². The second-order valence-corrected chi connectivity index (χ2v) is 10.9. The minimum Gasteiger partial charge on any atom is -0.465 e. The summed E-state index contributed by atoms with van der Waals surface area (Å²) in [6.07, 6.45) is 1.89. The first-order valence-electron chi connectivity index (χ1n) is 12.8. The van der Waals surface area contributed by atoms with Crippen LogP contribution in [0.15, 0.2) is 24.5 Å². The van der Waals surface area contributed by atoms with E-state index in [4.69, 9.17) is 9.47 Å². The third kappa shape index (κ3) is 5.11. The minimum atomic E-state index is -1.18. The number of hydrogen-bond donors (Lipinski definition) is 3. The Kier molecular flexibility index (Phi) is 6.90. The molecule has 1 aromatic carbocycles. The molecular formula is C28H31FN4O6. The van der Waals surface area contributed by atoms with Crippen molar-refractivity contribution in [2.75, 3.05) is 23.4 Å². The Morgan fingerprint density at radius 2 is 1.95 bits per heavy atom. The molecule has 2 aliphatic rings. The summed E-state index contributed by atoms with van der Waals surface area (Å²) in [6, 6.07) is 2.73. The fourth-order valence-electron chi connectivity index (χ4n) is 5.28.